The molecule has 0 fully saturated rings. The maximum absolute atomic E-state index is 9.80. The van der Waals surface area contributed by atoms with Gasteiger partial charge in [0.05, 0.1) is 6.10 Å². The molecule has 0 aliphatic heterocycles. The van der Waals surface area contributed by atoms with Crippen molar-refractivity contribution < 1.29 is 14.6 Å². The molecule has 0 bridgehead atoms. The number of benzene rings is 1. The van der Waals surface area contributed by atoms with E-state index in [1.807, 2.05) is 0 Å². The second kappa shape index (κ2) is 3.73. The summed E-state index contributed by atoms with van der Waals surface area (Å²) in [5, 5.41) is 20.2. The molecule has 0 aliphatic carbocycles. The highest BCUT2D eigenvalue weighted by Gasteiger charge is 2.16. The summed E-state index contributed by atoms with van der Waals surface area (Å²) in [7, 11) is 0. The molecular formula is C10H10ClNO3. The van der Waals surface area contributed by atoms with E-state index in [0.717, 1.165) is 0 Å². The summed E-state index contributed by atoms with van der Waals surface area (Å²) in [5.41, 5.74) is 5.92. The molecule has 1 aromatic carbocycles. The van der Waals surface area contributed by atoms with Crippen LogP contribution in [0.2, 0.25) is 5.22 Å². The minimum absolute atomic E-state index is 0.0352. The number of halogens is 1. The summed E-state index contributed by atoms with van der Waals surface area (Å²) >= 11 is 5.66. The number of hydrogen-bond acceptors (Lipinski definition) is 4. The smallest absolute Gasteiger partial charge is 0.194 e. The van der Waals surface area contributed by atoms with Gasteiger partial charge in [-0.25, -0.2) is 0 Å². The molecule has 0 saturated heterocycles. The number of aromatic hydroxyl groups is 1. The SMILES string of the molecule is NCC(O)c1ccc2cc(Cl)oc2c1O. The van der Waals surface area contributed by atoms with Crippen molar-refractivity contribution in [3.05, 3.63) is 29.0 Å². The molecule has 5 heteroatoms. The zero-order valence-corrected chi connectivity index (χ0v) is 8.53. The third kappa shape index (κ3) is 1.67. The fourth-order valence-electron chi connectivity index (χ4n) is 1.47. The van der Waals surface area contributed by atoms with Crippen LogP contribution in [0.5, 0.6) is 5.75 Å². The number of hydrogen-bond donors (Lipinski definition) is 3. The van der Waals surface area contributed by atoms with Gasteiger partial charge in [-0.3, -0.25) is 0 Å². The van der Waals surface area contributed by atoms with Gasteiger partial charge in [-0.15, -0.1) is 0 Å². The van der Waals surface area contributed by atoms with E-state index in [0.29, 0.717) is 10.9 Å². The van der Waals surface area contributed by atoms with Crippen LogP contribution in [-0.2, 0) is 0 Å². The molecule has 1 unspecified atom stereocenters. The zero-order chi connectivity index (χ0) is 11.0. The normalized spacial score (nSPS) is 13.3. The minimum Gasteiger partial charge on any atom is -0.504 e. The summed E-state index contributed by atoms with van der Waals surface area (Å²) in [5.74, 6) is -0.114. The predicted octanol–water partition coefficient (Wildman–Crippen LogP) is 1.78. The number of furan rings is 1. The molecule has 1 atom stereocenters. The Kier molecular flexibility index (Phi) is 2.56. The number of rotatable bonds is 2. The van der Waals surface area contributed by atoms with Gasteiger partial charge in [0, 0.05) is 23.6 Å². The fourth-order valence-corrected chi connectivity index (χ4v) is 1.66. The first-order chi connectivity index (χ1) is 7.13. The molecule has 80 valence electrons. The van der Waals surface area contributed by atoms with Crippen LogP contribution in [-0.4, -0.2) is 16.8 Å². The van der Waals surface area contributed by atoms with Crippen LogP contribution < -0.4 is 5.73 Å². The summed E-state index contributed by atoms with van der Waals surface area (Å²) in [6.45, 7) is 0.0352. The molecule has 15 heavy (non-hydrogen) atoms. The van der Waals surface area contributed by atoms with Gasteiger partial charge in [-0.2, -0.15) is 0 Å². The fraction of sp³-hybridized carbons (Fsp3) is 0.200. The highest BCUT2D eigenvalue weighted by Crippen LogP contribution is 2.35. The molecule has 0 aliphatic rings. The van der Waals surface area contributed by atoms with Gasteiger partial charge >= 0.3 is 0 Å². The van der Waals surface area contributed by atoms with Crippen molar-refractivity contribution in [2.75, 3.05) is 6.54 Å². The van der Waals surface area contributed by atoms with Crippen LogP contribution in [0.3, 0.4) is 0 Å². The number of phenols is 1. The van der Waals surface area contributed by atoms with Crippen molar-refractivity contribution in [1.82, 2.24) is 0 Å². The molecule has 4 nitrogen and oxygen atoms in total. The van der Waals surface area contributed by atoms with E-state index in [2.05, 4.69) is 0 Å². The zero-order valence-electron chi connectivity index (χ0n) is 7.77. The van der Waals surface area contributed by atoms with E-state index < -0.39 is 6.10 Å². The molecule has 0 amide bonds. The van der Waals surface area contributed by atoms with Crippen molar-refractivity contribution in [3.63, 3.8) is 0 Å². The van der Waals surface area contributed by atoms with Gasteiger partial charge in [-0.05, 0) is 11.6 Å². The Morgan fingerprint density at radius 1 is 1.47 bits per heavy atom. The standard InChI is InChI=1S/C10H10ClNO3/c11-8-3-5-1-2-6(7(13)4-12)9(14)10(5)15-8/h1-3,7,13-14H,4,12H2. The highest BCUT2D eigenvalue weighted by atomic mass is 35.5. The molecule has 0 saturated carbocycles. The summed E-state index contributed by atoms with van der Waals surface area (Å²) in [4.78, 5) is 0. The Bertz CT molecular complexity index is 495. The molecule has 0 spiro atoms. The molecule has 4 N–H and O–H groups in total. The quantitative estimate of drug-likeness (QED) is 0.731. The lowest BCUT2D eigenvalue weighted by Crippen LogP contribution is -2.11. The van der Waals surface area contributed by atoms with Crippen LogP contribution in [0.25, 0.3) is 11.0 Å². The number of aliphatic hydroxyl groups excluding tert-OH is 1. The maximum Gasteiger partial charge on any atom is 0.194 e. The van der Waals surface area contributed by atoms with Crippen molar-refractivity contribution in [2.45, 2.75) is 6.10 Å². The van der Waals surface area contributed by atoms with Gasteiger partial charge in [0.25, 0.3) is 0 Å². The van der Waals surface area contributed by atoms with Crippen LogP contribution >= 0.6 is 11.6 Å². The molecule has 2 aromatic rings. The molecule has 0 radical (unpaired) electrons. The topological polar surface area (TPSA) is 79.6 Å². The van der Waals surface area contributed by atoms with Crippen LogP contribution in [0.1, 0.15) is 11.7 Å². The van der Waals surface area contributed by atoms with E-state index in [-0.39, 0.29) is 23.1 Å². The average molecular weight is 228 g/mol. The van der Waals surface area contributed by atoms with E-state index in [9.17, 15) is 10.2 Å². The van der Waals surface area contributed by atoms with E-state index in [1.54, 1.807) is 18.2 Å². The Hall–Kier alpha value is -1.23. The lowest BCUT2D eigenvalue weighted by molar-refractivity contribution is 0.183. The van der Waals surface area contributed by atoms with E-state index >= 15 is 0 Å². The summed E-state index contributed by atoms with van der Waals surface area (Å²) in [6, 6.07) is 4.90. The number of aliphatic hydroxyl groups is 1. The largest absolute Gasteiger partial charge is 0.504 e. The second-order valence-electron chi connectivity index (χ2n) is 3.22. The van der Waals surface area contributed by atoms with Gasteiger partial charge in [-0.1, -0.05) is 12.1 Å². The third-order valence-corrected chi connectivity index (χ3v) is 2.43. The summed E-state index contributed by atoms with van der Waals surface area (Å²) < 4.78 is 5.10. The molecule has 1 aromatic heterocycles. The van der Waals surface area contributed by atoms with Crippen molar-refractivity contribution >= 4 is 22.6 Å². The number of nitrogens with two attached hydrogens (primary N) is 1. The van der Waals surface area contributed by atoms with Crippen molar-refractivity contribution in [1.29, 1.82) is 0 Å². The monoisotopic (exact) mass is 227 g/mol. The van der Waals surface area contributed by atoms with Crippen molar-refractivity contribution in [2.24, 2.45) is 5.73 Å². The maximum atomic E-state index is 9.80. The number of fused-ring (bicyclic) bond motifs is 1. The first-order valence-corrected chi connectivity index (χ1v) is 4.80. The van der Waals surface area contributed by atoms with Crippen LogP contribution in [0, 0.1) is 0 Å². The lowest BCUT2D eigenvalue weighted by atomic mass is 10.1. The second-order valence-corrected chi connectivity index (χ2v) is 3.60. The highest BCUT2D eigenvalue weighted by molar-refractivity contribution is 6.29. The summed E-state index contributed by atoms with van der Waals surface area (Å²) in [6.07, 6.45) is -0.904. The van der Waals surface area contributed by atoms with Crippen LogP contribution in [0.4, 0.5) is 0 Å². The third-order valence-electron chi connectivity index (χ3n) is 2.24. The van der Waals surface area contributed by atoms with Gasteiger partial charge < -0.3 is 20.4 Å². The lowest BCUT2D eigenvalue weighted by Gasteiger charge is -2.09. The van der Waals surface area contributed by atoms with Crippen LogP contribution in [0.15, 0.2) is 22.6 Å². The van der Waals surface area contributed by atoms with E-state index in [4.69, 9.17) is 21.8 Å². The van der Waals surface area contributed by atoms with E-state index in [1.165, 1.54) is 0 Å². The average Bonchev–Trinajstić information content (AvgIpc) is 2.59. The number of phenolic OH excluding ortho intramolecular Hbond substituents is 1. The van der Waals surface area contributed by atoms with Gasteiger partial charge in [0.15, 0.2) is 16.6 Å². The Labute approximate surface area is 90.9 Å². The molecular weight excluding hydrogens is 218 g/mol. The first-order valence-electron chi connectivity index (χ1n) is 4.42. The van der Waals surface area contributed by atoms with Gasteiger partial charge in [0.1, 0.15) is 0 Å². The Morgan fingerprint density at radius 3 is 2.87 bits per heavy atom. The Balaban J connectivity index is 2.64. The first kappa shape index (κ1) is 10.3. The molecule has 1 heterocycles. The predicted molar refractivity (Wildman–Crippen MR) is 56.9 cm³/mol. The Morgan fingerprint density at radius 2 is 2.20 bits per heavy atom. The van der Waals surface area contributed by atoms with Crippen molar-refractivity contribution in [3.8, 4) is 5.75 Å². The minimum atomic E-state index is -0.904. The van der Waals surface area contributed by atoms with Gasteiger partial charge in [0.2, 0.25) is 0 Å². The molecule has 2 rings (SSSR count).